The highest BCUT2D eigenvalue weighted by atomic mass is 32.1. The molecule has 0 aliphatic carbocycles. The van der Waals surface area contributed by atoms with Crippen LogP contribution >= 0.6 is 11.3 Å². The highest BCUT2D eigenvalue weighted by Crippen LogP contribution is 2.19. The number of rotatable bonds is 6. The number of carbonyl (C=O) groups is 1. The van der Waals surface area contributed by atoms with Crippen molar-refractivity contribution < 1.29 is 9.53 Å². The van der Waals surface area contributed by atoms with Crippen molar-refractivity contribution >= 4 is 34.9 Å². The lowest BCUT2D eigenvalue weighted by atomic mass is 10.1. The molecule has 0 bridgehead atoms. The number of nitrogen functional groups attached to an aromatic ring is 1. The van der Waals surface area contributed by atoms with E-state index in [2.05, 4.69) is 27.2 Å². The number of thiophene rings is 1. The second-order valence-corrected chi connectivity index (χ2v) is 6.07. The smallest absolute Gasteiger partial charge is 0.348 e. The maximum absolute atomic E-state index is 11.9. The molecule has 1 aromatic carbocycles. The molecular formula is C17H17N5O2S. The molecule has 25 heavy (non-hydrogen) atoms. The summed E-state index contributed by atoms with van der Waals surface area (Å²) in [5.41, 5.74) is 7.78. The Balaban J connectivity index is 1.73. The van der Waals surface area contributed by atoms with Crippen LogP contribution in [-0.4, -0.2) is 20.9 Å². The van der Waals surface area contributed by atoms with Gasteiger partial charge in [-0.1, -0.05) is 31.2 Å². The number of para-hydroxylation sites is 1. The highest BCUT2D eigenvalue weighted by molar-refractivity contribution is 7.11. The first-order valence-electron chi connectivity index (χ1n) is 7.71. The number of aromatic nitrogens is 3. The third-order valence-electron chi connectivity index (χ3n) is 3.40. The van der Waals surface area contributed by atoms with Crippen molar-refractivity contribution in [1.29, 1.82) is 0 Å². The molecule has 0 unspecified atom stereocenters. The Labute approximate surface area is 148 Å². The van der Waals surface area contributed by atoms with Gasteiger partial charge in [-0.3, -0.25) is 0 Å². The molecular weight excluding hydrogens is 338 g/mol. The fraction of sp³-hybridized carbons (Fsp3) is 0.176. The minimum atomic E-state index is -0.417. The third-order valence-corrected chi connectivity index (χ3v) is 4.25. The zero-order valence-electron chi connectivity index (χ0n) is 13.6. The van der Waals surface area contributed by atoms with Gasteiger partial charge in [0.2, 0.25) is 11.9 Å². The maximum Gasteiger partial charge on any atom is 0.348 e. The molecule has 0 aliphatic heterocycles. The van der Waals surface area contributed by atoms with Crippen molar-refractivity contribution in [2.45, 2.75) is 20.0 Å². The van der Waals surface area contributed by atoms with E-state index in [0.717, 1.165) is 17.7 Å². The molecule has 8 heteroatoms. The first-order chi connectivity index (χ1) is 12.2. The summed E-state index contributed by atoms with van der Waals surface area (Å²) in [5, 5.41) is 4.95. The van der Waals surface area contributed by atoms with Crippen molar-refractivity contribution in [3.63, 3.8) is 0 Å². The van der Waals surface area contributed by atoms with Gasteiger partial charge in [0.15, 0.2) is 12.4 Å². The Morgan fingerprint density at radius 1 is 1.20 bits per heavy atom. The largest absolute Gasteiger partial charge is 0.453 e. The minimum absolute atomic E-state index is 0.0636. The number of nitrogens with one attached hydrogen (secondary N) is 1. The van der Waals surface area contributed by atoms with E-state index < -0.39 is 5.97 Å². The van der Waals surface area contributed by atoms with E-state index in [1.165, 1.54) is 11.3 Å². The summed E-state index contributed by atoms with van der Waals surface area (Å²) in [4.78, 5) is 24.8. The van der Waals surface area contributed by atoms with E-state index in [1.54, 1.807) is 12.1 Å². The van der Waals surface area contributed by atoms with Gasteiger partial charge >= 0.3 is 5.97 Å². The molecule has 0 atom stereocenters. The van der Waals surface area contributed by atoms with Crippen LogP contribution in [0.2, 0.25) is 0 Å². The first kappa shape index (κ1) is 16.8. The molecule has 0 amide bonds. The lowest BCUT2D eigenvalue weighted by Gasteiger charge is -2.10. The van der Waals surface area contributed by atoms with Crippen LogP contribution in [0.15, 0.2) is 41.8 Å². The summed E-state index contributed by atoms with van der Waals surface area (Å²) < 4.78 is 5.21. The predicted molar refractivity (Wildman–Crippen MR) is 96.8 cm³/mol. The van der Waals surface area contributed by atoms with Crippen LogP contribution in [-0.2, 0) is 17.8 Å². The van der Waals surface area contributed by atoms with E-state index in [9.17, 15) is 4.79 Å². The number of nitrogens with zero attached hydrogens (tertiary/aromatic N) is 3. The van der Waals surface area contributed by atoms with Crippen LogP contribution in [0.4, 0.5) is 17.6 Å². The molecule has 2 heterocycles. The van der Waals surface area contributed by atoms with Crippen molar-refractivity contribution in [1.82, 2.24) is 15.0 Å². The van der Waals surface area contributed by atoms with Gasteiger partial charge in [0.25, 0.3) is 0 Å². The van der Waals surface area contributed by atoms with Gasteiger partial charge in [-0.05, 0) is 29.5 Å². The van der Waals surface area contributed by atoms with E-state index in [1.807, 2.05) is 29.6 Å². The normalized spacial score (nSPS) is 10.4. The zero-order valence-corrected chi connectivity index (χ0v) is 14.4. The van der Waals surface area contributed by atoms with Gasteiger partial charge < -0.3 is 15.8 Å². The molecule has 3 N–H and O–H groups in total. The van der Waals surface area contributed by atoms with Crippen molar-refractivity contribution in [3.8, 4) is 0 Å². The Hall–Kier alpha value is -3.00. The fourth-order valence-corrected chi connectivity index (χ4v) is 2.84. The molecule has 128 valence electrons. The van der Waals surface area contributed by atoms with Crippen LogP contribution in [0.3, 0.4) is 0 Å². The van der Waals surface area contributed by atoms with Gasteiger partial charge in [0.1, 0.15) is 4.88 Å². The summed E-state index contributed by atoms with van der Waals surface area (Å²) in [6, 6.07) is 11.3. The second-order valence-electron chi connectivity index (χ2n) is 5.12. The average molecular weight is 355 g/mol. The van der Waals surface area contributed by atoms with E-state index in [4.69, 9.17) is 10.5 Å². The van der Waals surface area contributed by atoms with Crippen LogP contribution < -0.4 is 11.1 Å². The standard InChI is InChI=1S/C17H17N5O2S/c1-2-11-6-3-4-7-12(11)19-17-21-14(20-16(18)22-17)10-24-15(23)13-8-5-9-25-13/h3-9H,2,10H2,1H3,(H3,18,19,20,21,22). The number of ether oxygens (including phenoxy) is 1. The van der Waals surface area contributed by atoms with Crippen LogP contribution in [0.5, 0.6) is 0 Å². The van der Waals surface area contributed by atoms with E-state index in [0.29, 0.717) is 10.8 Å². The Kier molecular flexibility index (Phi) is 5.20. The molecule has 0 aliphatic rings. The second kappa shape index (κ2) is 7.71. The maximum atomic E-state index is 11.9. The van der Waals surface area contributed by atoms with Gasteiger partial charge in [-0.2, -0.15) is 15.0 Å². The molecule has 2 aromatic heterocycles. The molecule has 0 radical (unpaired) electrons. The molecule has 3 rings (SSSR count). The molecule has 3 aromatic rings. The summed E-state index contributed by atoms with van der Waals surface area (Å²) in [6.07, 6.45) is 0.870. The topological polar surface area (TPSA) is 103 Å². The number of carbonyl (C=O) groups excluding carboxylic acids is 1. The third kappa shape index (κ3) is 4.30. The highest BCUT2D eigenvalue weighted by Gasteiger charge is 2.11. The van der Waals surface area contributed by atoms with E-state index >= 15 is 0 Å². The molecule has 0 fully saturated rings. The minimum Gasteiger partial charge on any atom is -0.453 e. The monoisotopic (exact) mass is 355 g/mol. The number of esters is 1. The van der Waals surface area contributed by atoms with Gasteiger partial charge in [-0.25, -0.2) is 4.79 Å². The lowest BCUT2D eigenvalue weighted by Crippen LogP contribution is -2.11. The zero-order chi connectivity index (χ0) is 17.6. The predicted octanol–water partition coefficient (Wildman–Crippen LogP) is 3.18. The average Bonchev–Trinajstić information content (AvgIpc) is 3.14. The number of nitrogens with two attached hydrogens (primary N) is 1. The quantitative estimate of drug-likeness (QED) is 0.655. The number of aryl methyl sites for hydroxylation is 1. The summed E-state index contributed by atoms with van der Waals surface area (Å²) in [6.45, 7) is 1.99. The number of anilines is 3. The van der Waals surface area contributed by atoms with Gasteiger partial charge in [-0.15, -0.1) is 11.3 Å². The Bertz CT molecular complexity index is 867. The lowest BCUT2D eigenvalue weighted by molar-refractivity contribution is 0.0468. The van der Waals surface area contributed by atoms with Crippen LogP contribution in [0, 0.1) is 0 Å². The molecule has 0 saturated heterocycles. The molecule has 0 saturated carbocycles. The summed E-state index contributed by atoms with van der Waals surface area (Å²) in [5.74, 6) is 0.248. The number of hydrogen-bond acceptors (Lipinski definition) is 8. The van der Waals surface area contributed by atoms with Gasteiger partial charge in [0, 0.05) is 5.69 Å². The number of benzene rings is 1. The molecule has 0 spiro atoms. The van der Waals surface area contributed by atoms with Crippen molar-refractivity contribution in [2.75, 3.05) is 11.1 Å². The summed E-state index contributed by atoms with van der Waals surface area (Å²) in [7, 11) is 0. The SMILES string of the molecule is CCc1ccccc1Nc1nc(N)nc(COC(=O)c2cccs2)n1. The Morgan fingerprint density at radius 2 is 2.04 bits per heavy atom. The number of hydrogen-bond donors (Lipinski definition) is 2. The van der Waals surface area contributed by atoms with Crippen molar-refractivity contribution in [2.24, 2.45) is 0 Å². The van der Waals surface area contributed by atoms with Gasteiger partial charge in [0.05, 0.1) is 0 Å². The van der Waals surface area contributed by atoms with Crippen LogP contribution in [0.25, 0.3) is 0 Å². The summed E-state index contributed by atoms with van der Waals surface area (Å²) >= 11 is 1.31. The van der Waals surface area contributed by atoms with Crippen molar-refractivity contribution in [3.05, 3.63) is 58.0 Å². The Morgan fingerprint density at radius 3 is 2.80 bits per heavy atom. The molecule has 7 nitrogen and oxygen atoms in total. The first-order valence-corrected chi connectivity index (χ1v) is 8.59. The fourth-order valence-electron chi connectivity index (χ4n) is 2.23. The van der Waals surface area contributed by atoms with Crippen LogP contribution in [0.1, 0.15) is 28.0 Å². The van der Waals surface area contributed by atoms with E-state index in [-0.39, 0.29) is 18.4 Å².